The highest BCUT2D eigenvalue weighted by Gasteiger charge is 2.23. The second-order valence-corrected chi connectivity index (χ2v) is 6.73. The van der Waals surface area contributed by atoms with Gasteiger partial charge in [-0.3, -0.25) is 24.2 Å². The number of amides is 2. The van der Waals surface area contributed by atoms with Crippen molar-refractivity contribution in [1.82, 2.24) is 20.3 Å². The first-order valence-electron chi connectivity index (χ1n) is 9.14. The molecule has 0 unspecified atom stereocenters. The third kappa shape index (κ3) is 6.25. The summed E-state index contributed by atoms with van der Waals surface area (Å²) in [6.45, 7) is 1.51. The zero-order valence-electron chi connectivity index (χ0n) is 16.8. The molecule has 0 radical (unpaired) electrons. The van der Waals surface area contributed by atoms with Gasteiger partial charge in [-0.1, -0.05) is 0 Å². The number of carbonyl (C=O) groups excluding carboxylic acids is 2. The summed E-state index contributed by atoms with van der Waals surface area (Å²) >= 11 is 0. The number of carboxylic acid groups (broad SMARTS) is 2. The first-order valence-corrected chi connectivity index (χ1v) is 9.14. The maximum atomic E-state index is 12.4. The highest BCUT2D eigenvalue weighted by atomic mass is 16.4. The number of hydrogen-bond donors (Lipinski definition) is 7. The maximum Gasteiger partial charge on any atom is 0.326 e. The van der Waals surface area contributed by atoms with Gasteiger partial charge in [0, 0.05) is 6.42 Å². The first-order chi connectivity index (χ1) is 15.0. The van der Waals surface area contributed by atoms with Gasteiger partial charge in [0.15, 0.2) is 0 Å². The van der Waals surface area contributed by atoms with Crippen LogP contribution in [0, 0.1) is 6.92 Å². The van der Waals surface area contributed by atoms with Crippen molar-refractivity contribution >= 4 is 41.2 Å². The van der Waals surface area contributed by atoms with Crippen molar-refractivity contribution in [3.8, 4) is 0 Å². The quantitative estimate of drug-likeness (QED) is 0.242. The van der Waals surface area contributed by atoms with Crippen LogP contribution in [0.1, 0.15) is 34.5 Å². The molecule has 0 aliphatic carbocycles. The van der Waals surface area contributed by atoms with E-state index in [2.05, 4.69) is 25.6 Å². The summed E-state index contributed by atoms with van der Waals surface area (Å²) in [6, 6.07) is 0.0121. The fraction of sp³-hybridized carbons (Fsp3) is 0.278. The van der Waals surface area contributed by atoms with Gasteiger partial charge in [0.1, 0.15) is 17.6 Å². The monoisotopic (exact) mass is 447 g/mol. The number of nitrogens with two attached hydrogens (primary N) is 2. The lowest BCUT2D eigenvalue weighted by atomic mass is 10.1. The molecule has 32 heavy (non-hydrogen) atoms. The topological polar surface area (TPSA) is 243 Å². The fourth-order valence-corrected chi connectivity index (χ4v) is 2.70. The van der Waals surface area contributed by atoms with Crippen LogP contribution in [0.4, 0.5) is 17.5 Å². The van der Waals surface area contributed by atoms with E-state index in [9.17, 15) is 24.0 Å². The molecule has 0 fully saturated rings. The van der Waals surface area contributed by atoms with Crippen LogP contribution in [-0.4, -0.2) is 55.0 Å². The molecule has 9 N–H and O–H groups in total. The Kier molecular flexibility index (Phi) is 7.44. The zero-order chi connectivity index (χ0) is 24.0. The molecule has 2 aromatic heterocycles. The van der Waals surface area contributed by atoms with E-state index in [0.717, 1.165) is 0 Å². The number of nitrogens with zero attached hydrogens (tertiary/aromatic N) is 2. The number of hydrogen-bond acceptors (Lipinski definition) is 9. The van der Waals surface area contributed by atoms with Crippen LogP contribution in [0.25, 0.3) is 0 Å². The molecule has 0 aromatic carbocycles. The van der Waals surface area contributed by atoms with Gasteiger partial charge < -0.3 is 32.3 Å². The van der Waals surface area contributed by atoms with Crippen LogP contribution in [0.15, 0.2) is 17.1 Å². The van der Waals surface area contributed by atoms with Crippen molar-refractivity contribution < 1.29 is 29.4 Å². The van der Waals surface area contributed by atoms with Crippen molar-refractivity contribution in [2.75, 3.05) is 16.8 Å². The summed E-state index contributed by atoms with van der Waals surface area (Å²) in [4.78, 5) is 68.2. The molecule has 14 heteroatoms. The molecule has 2 aromatic rings. The van der Waals surface area contributed by atoms with E-state index in [1.807, 2.05) is 0 Å². The summed E-state index contributed by atoms with van der Waals surface area (Å²) in [7, 11) is 0. The highest BCUT2D eigenvalue weighted by molar-refractivity contribution is 5.97. The van der Waals surface area contributed by atoms with Gasteiger partial charge in [0.25, 0.3) is 11.5 Å². The summed E-state index contributed by atoms with van der Waals surface area (Å²) in [5, 5.41) is 22.6. The van der Waals surface area contributed by atoms with Crippen molar-refractivity contribution in [2.24, 2.45) is 0 Å². The smallest absolute Gasteiger partial charge is 0.326 e. The molecule has 0 spiro atoms. The van der Waals surface area contributed by atoms with Crippen LogP contribution < -0.4 is 27.7 Å². The minimum absolute atomic E-state index is 0.0709. The third-order valence-corrected chi connectivity index (χ3v) is 4.23. The predicted octanol–water partition coefficient (Wildman–Crippen LogP) is -1.13. The van der Waals surface area contributed by atoms with E-state index in [1.54, 1.807) is 0 Å². The van der Waals surface area contributed by atoms with Crippen molar-refractivity contribution in [3.63, 3.8) is 0 Å². The number of H-pyrrole nitrogens is 1. The number of aliphatic carboxylic acids is 2. The van der Waals surface area contributed by atoms with E-state index in [4.69, 9.17) is 21.7 Å². The molecule has 0 aliphatic heterocycles. The van der Waals surface area contributed by atoms with Gasteiger partial charge in [0.2, 0.25) is 11.9 Å². The molecule has 170 valence electrons. The number of nitrogen functional groups attached to an aromatic ring is 2. The van der Waals surface area contributed by atoms with Gasteiger partial charge >= 0.3 is 11.9 Å². The second-order valence-electron chi connectivity index (χ2n) is 6.73. The lowest BCUT2D eigenvalue weighted by molar-refractivity contribution is -0.140. The average molecular weight is 447 g/mol. The number of anilines is 3. The molecular formula is C18H21N7O7. The number of aryl methyl sites for hydroxylation is 1. The van der Waals surface area contributed by atoms with Crippen molar-refractivity contribution in [3.05, 3.63) is 39.4 Å². The number of aromatic nitrogens is 3. The lowest BCUT2D eigenvalue weighted by Gasteiger charge is -2.14. The number of carboxylic acids is 2. The lowest BCUT2D eigenvalue weighted by Crippen LogP contribution is -2.41. The summed E-state index contributed by atoms with van der Waals surface area (Å²) in [5.41, 5.74) is 10.7. The van der Waals surface area contributed by atoms with E-state index in [1.165, 1.54) is 19.2 Å². The number of rotatable bonds is 9. The summed E-state index contributed by atoms with van der Waals surface area (Å²) in [6.07, 6.45) is 0.0403. The Bertz CT molecular complexity index is 1130. The Morgan fingerprint density at radius 1 is 1.22 bits per heavy atom. The van der Waals surface area contributed by atoms with E-state index >= 15 is 0 Å². The van der Waals surface area contributed by atoms with Crippen LogP contribution in [-0.2, 0) is 20.8 Å². The van der Waals surface area contributed by atoms with Gasteiger partial charge in [-0.05, 0) is 25.0 Å². The molecule has 0 bridgehead atoms. The molecule has 2 rings (SSSR count). The zero-order valence-corrected chi connectivity index (χ0v) is 16.8. The minimum atomic E-state index is -1.41. The van der Waals surface area contributed by atoms with E-state index in [0.29, 0.717) is 5.56 Å². The second kappa shape index (κ2) is 10.0. The normalized spacial score (nSPS) is 11.4. The van der Waals surface area contributed by atoms with Crippen LogP contribution in [0.5, 0.6) is 0 Å². The average Bonchev–Trinajstić information content (AvgIpc) is 2.67. The molecular weight excluding hydrogens is 426 g/mol. The Labute approximate surface area is 180 Å². The molecule has 1 atom stereocenters. The Hall–Kier alpha value is -4.49. The number of aromatic amines is 1. The molecule has 2 heterocycles. The Balaban J connectivity index is 2.08. The molecule has 14 nitrogen and oxygen atoms in total. The standard InChI is InChI=1S/C18H21N7O7/c1-7-4-8(22-11(26)5-9-14(19)24-18(20)25-15(9)29)6-21-13(7)16(30)23-10(17(31)32)2-3-12(27)28/h4,6,10H,2-3,5H2,1H3,(H,22,26)(H,23,30)(H,27,28)(H,31,32)(H5,19,20,24,25,29)/t10-/m0/s1. The van der Waals surface area contributed by atoms with Crippen LogP contribution >= 0.6 is 0 Å². The Morgan fingerprint density at radius 3 is 2.47 bits per heavy atom. The van der Waals surface area contributed by atoms with E-state index in [-0.39, 0.29) is 41.6 Å². The van der Waals surface area contributed by atoms with Gasteiger partial charge in [-0.25, -0.2) is 9.78 Å². The fourth-order valence-electron chi connectivity index (χ4n) is 2.70. The molecule has 0 aliphatic rings. The third-order valence-electron chi connectivity index (χ3n) is 4.23. The van der Waals surface area contributed by atoms with Gasteiger partial charge in [-0.15, -0.1) is 0 Å². The van der Waals surface area contributed by atoms with E-state index < -0.39 is 41.8 Å². The number of pyridine rings is 1. The summed E-state index contributed by atoms with van der Waals surface area (Å²) in [5.74, 6) is -4.36. The van der Waals surface area contributed by atoms with Gasteiger partial charge in [0.05, 0.1) is 23.9 Å². The largest absolute Gasteiger partial charge is 0.481 e. The van der Waals surface area contributed by atoms with Crippen molar-refractivity contribution in [1.29, 1.82) is 0 Å². The Morgan fingerprint density at radius 2 is 1.91 bits per heavy atom. The number of carbonyl (C=O) groups is 4. The molecule has 0 saturated heterocycles. The van der Waals surface area contributed by atoms with Crippen LogP contribution in [0.2, 0.25) is 0 Å². The molecule has 2 amide bonds. The highest BCUT2D eigenvalue weighted by Crippen LogP contribution is 2.14. The first kappa shape index (κ1) is 23.8. The van der Waals surface area contributed by atoms with Crippen LogP contribution in [0.3, 0.4) is 0 Å². The minimum Gasteiger partial charge on any atom is -0.481 e. The summed E-state index contributed by atoms with van der Waals surface area (Å²) < 4.78 is 0. The maximum absolute atomic E-state index is 12.4. The van der Waals surface area contributed by atoms with Crippen molar-refractivity contribution in [2.45, 2.75) is 32.2 Å². The number of nitrogens with one attached hydrogen (secondary N) is 3. The SMILES string of the molecule is Cc1cc(NC(=O)Cc2c(N)nc(N)[nH]c2=O)cnc1C(=O)N[C@@H](CCC(=O)O)C(=O)O. The molecule has 0 saturated carbocycles. The predicted molar refractivity (Wildman–Crippen MR) is 111 cm³/mol. The van der Waals surface area contributed by atoms with Gasteiger partial charge in [-0.2, -0.15) is 4.98 Å².